The molecule has 0 fully saturated rings. The number of nitrogens with zero attached hydrogens (tertiary/aromatic N) is 4. The second kappa shape index (κ2) is 5.83. The van der Waals surface area contributed by atoms with Crippen LogP contribution in [0.2, 0.25) is 0 Å². The number of aryl methyl sites for hydroxylation is 3. The second-order valence-corrected chi connectivity index (χ2v) is 5.07. The number of hydrogen-bond acceptors (Lipinski definition) is 5. The zero-order chi connectivity index (χ0) is 13.8. The lowest BCUT2D eigenvalue weighted by molar-refractivity contribution is -0.113. The van der Waals surface area contributed by atoms with Gasteiger partial charge in [0.2, 0.25) is 11.9 Å². The zero-order valence-electron chi connectivity index (χ0n) is 11.0. The summed E-state index contributed by atoms with van der Waals surface area (Å²) in [5, 5.41) is 3.49. The Kier molecular flexibility index (Phi) is 4.16. The average molecular weight is 277 g/mol. The van der Waals surface area contributed by atoms with E-state index in [2.05, 4.69) is 20.3 Å². The van der Waals surface area contributed by atoms with E-state index in [9.17, 15) is 4.79 Å². The number of nitrogens with one attached hydrogen (secondary N) is 1. The highest BCUT2D eigenvalue weighted by molar-refractivity contribution is 7.99. The topological polar surface area (TPSA) is 72.7 Å². The smallest absolute Gasteiger partial charge is 0.237 e. The van der Waals surface area contributed by atoms with Crippen LogP contribution in [0.4, 0.5) is 5.95 Å². The van der Waals surface area contributed by atoms with Gasteiger partial charge in [0.1, 0.15) is 0 Å². The number of anilines is 1. The summed E-state index contributed by atoms with van der Waals surface area (Å²) in [6.07, 6.45) is 3.54. The van der Waals surface area contributed by atoms with Crippen molar-refractivity contribution in [2.75, 3.05) is 11.1 Å². The Morgan fingerprint density at radius 2 is 2.05 bits per heavy atom. The summed E-state index contributed by atoms with van der Waals surface area (Å²) >= 11 is 1.37. The molecule has 0 aliphatic rings. The third kappa shape index (κ3) is 3.78. The van der Waals surface area contributed by atoms with E-state index < -0.39 is 0 Å². The van der Waals surface area contributed by atoms with E-state index in [1.807, 2.05) is 37.7 Å². The fraction of sp³-hybridized carbons (Fsp3) is 0.333. The molecule has 7 heteroatoms. The molecular formula is C12H15N5OS. The van der Waals surface area contributed by atoms with Crippen LogP contribution in [0.5, 0.6) is 0 Å². The van der Waals surface area contributed by atoms with Gasteiger partial charge in [0.05, 0.1) is 5.75 Å². The molecule has 100 valence electrons. The van der Waals surface area contributed by atoms with Crippen molar-refractivity contribution in [3.8, 4) is 0 Å². The maximum atomic E-state index is 11.8. The molecule has 1 amide bonds. The van der Waals surface area contributed by atoms with Gasteiger partial charge in [-0.2, -0.15) is 0 Å². The minimum absolute atomic E-state index is 0.141. The van der Waals surface area contributed by atoms with Gasteiger partial charge in [-0.25, -0.2) is 15.0 Å². The van der Waals surface area contributed by atoms with Gasteiger partial charge in [-0.05, 0) is 19.9 Å². The van der Waals surface area contributed by atoms with Crippen LogP contribution in [0, 0.1) is 13.8 Å². The highest BCUT2D eigenvalue weighted by atomic mass is 32.2. The highest BCUT2D eigenvalue weighted by Crippen LogP contribution is 2.14. The SMILES string of the molecule is Cc1cc(C)nc(NC(=O)CSc2nccn2C)n1. The van der Waals surface area contributed by atoms with Crippen LogP contribution < -0.4 is 5.32 Å². The summed E-state index contributed by atoms with van der Waals surface area (Å²) in [5.74, 6) is 0.488. The van der Waals surface area contributed by atoms with Gasteiger partial charge in [-0.1, -0.05) is 11.8 Å². The number of carbonyl (C=O) groups excluding carboxylic acids is 1. The summed E-state index contributed by atoms with van der Waals surface area (Å²) in [5.41, 5.74) is 1.67. The normalized spacial score (nSPS) is 10.5. The van der Waals surface area contributed by atoms with Crippen molar-refractivity contribution in [3.05, 3.63) is 29.8 Å². The fourth-order valence-electron chi connectivity index (χ4n) is 1.56. The quantitative estimate of drug-likeness (QED) is 0.859. The number of carbonyl (C=O) groups is 1. The Morgan fingerprint density at radius 1 is 1.37 bits per heavy atom. The molecule has 0 aliphatic heterocycles. The molecule has 19 heavy (non-hydrogen) atoms. The van der Waals surface area contributed by atoms with Crippen molar-refractivity contribution in [1.82, 2.24) is 19.5 Å². The molecule has 0 aromatic carbocycles. The zero-order valence-corrected chi connectivity index (χ0v) is 11.9. The monoisotopic (exact) mass is 277 g/mol. The Bertz CT molecular complexity index is 575. The number of thioether (sulfide) groups is 1. The molecule has 0 radical (unpaired) electrons. The van der Waals surface area contributed by atoms with Crippen LogP contribution in [0.25, 0.3) is 0 Å². The predicted octanol–water partition coefficient (Wildman–Crippen LogP) is 1.56. The van der Waals surface area contributed by atoms with Crippen LogP contribution in [0.1, 0.15) is 11.4 Å². The van der Waals surface area contributed by atoms with Crippen LogP contribution in [0.3, 0.4) is 0 Å². The van der Waals surface area contributed by atoms with Crippen molar-refractivity contribution in [1.29, 1.82) is 0 Å². The van der Waals surface area contributed by atoms with E-state index in [1.54, 1.807) is 6.20 Å². The van der Waals surface area contributed by atoms with E-state index in [-0.39, 0.29) is 11.7 Å². The number of hydrogen-bond donors (Lipinski definition) is 1. The first-order chi connectivity index (χ1) is 9.04. The molecule has 0 saturated heterocycles. The van der Waals surface area contributed by atoms with E-state index in [0.717, 1.165) is 16.5 Å². The van der Waals surface area contributed by atoms with Crippen molar-refractivity contribution in [2.45, 2.75) is 19.0 Å². The summed E-state index contributed by atoms with van der Waals surface area (Å²) in [4.78, 5) is 24.3. The maximum absolute atomic E-state index is 11.8. The molecule has 1 N–H and O–H groups in total. The van der Waals surface area contributed by atoms with Gasteiger partial charge in [-0.3, -0.25) is 10.1 Å². The molecule has 6 nitrogen and oxygen atoms in total. The Morgan fingerprint density at radius 3 is 2.63 bits per heavy atom. The third-order valence-electron chi connectivity index (χ3n) is 2.34. The molecule has 2 rings (SSSR count). The van der Waals surface area contributed by atoms with Crippen LogP contribution in [-0.2, 0) is 11.8 Å². The van der Waals surface area contributed by atoms with Gasteiger partial charge in [0, 0.05) is 30.8 Å². The number of aromatic nitrogens is 4. The van der Waals surface area contributed by atoms with Crippen molar-refractivity contribution < 1.29 is 4.79 Å². The largest absolute Gasteiger partial charge is 0.329 e. The number of imidazole rings is 1. The minimum Gasteiger partial charge on any atom is -0.329 e. The molecule has 0 unspecified atom stereocenters. The van der Waals surface area contributed by atoms with Gasteiger partial charge < -0.3 is 4.57 Å². The lowest BCUT2D eigenvalue weighted by atomic mass is 10.4. The van der Waals surface area contributed by atoms with E-state index in [0.29, 0.717) is 5.95 Å². The average Bonchev–Trinajstić information content (AvgIpc) is 2.71. The van der Waals surface area contributed by atoms with E-state index in [4.69, 9.17) is 0 Å². The Labute approximate surface area is 115 Å². The van der Waals surface area contributed by atoms with Crippen LogP contribution >= 0.6 is 11.8 Å². The molecule has 0 atom stereocenters. The molecule has 2 aromatic rings. The Balaban J connectivity index is 1.92. The van der Waals surface area contributed by atoms with E-state index in [1.165, 1.54) is 11.8 Å². The predicted molar refractivity (Wildman–Crippen MR) is 74.1 cm³/mol. The minimum atomic E-state index is -0.141. The molecule has 0 aliphatic carbocycles. The maximum Gasteiger partial charge on any atom is 0.237 e. The summed E-state index contributed by atoms with van der Waals surface area (Å²) in [7, 11) is 1.89. The lowest BCUT2D eigenvalue weighted by Gasteiger charge is -2.05. The van der Waals surface area contributed by atoms with Crippen molar-refractivity contribution >= 4 is 23.6 Å². The molecule has 2 heterocycles. The van der Waals surface area contributed by atoms with Crippen LogP contribution in [0.15, 0.2) is 23.6 Å². The molecule has 0 spiro atoms. The summed E-state index contributed by atoms with van der Waals surface area (Å²) in [6.45, 7) is 3.74. The lowest BCUT2D eigenvalue weighted by Crippen LogP contribution is -2.17. The fourth-order valence-corrected chi connectivity index (χ4v) is 2.30. The summed E-state index contributed by atoms with van der Waals surface area (Å²) < 4.78 is 1.87. The number of rotatable bonds is 4. The van der Waals surface area contributed by atoms with Gasteiger partial charge >= 0.3 is 0 Å². The van der Waals surface area contributed by atoms with Gasteiger partial charge in [-0.15, -0.1) is 0 Å². The molecule has 0 saturated carbocycles. The number of amides is 1. The first kappa shape index (κ1) is 13.5. The standard InChI is InChI=1S/C12H15N5OS/c1-8-6-9(2)15-11(14-8)16-10(18)7-19-12-13-4-5-17(12)3/h4-6H,7H2,1-3H3,(H,14,15,16,18). The van der Waals surface area contributed by atoms with Gasteiger partial charge in [0.15, 0.2) is 5.16 Å². The highest BCUT2D eigenvalue weighted by Gasteiger charge is 2.08. The second-order valence-electron chi connectivity index (χ2n) is 4.13. The third-order valence-corrected chi connectivity index (χ3v) is 3.40. The van der Waals surface area contributed by atoms with Crippen molar-refractivity contribution in [2.24, 2.45) is 7.05 Å². The van der Waals surface area contributed by atoms with Gasteiger partial charge in [0.25, 0.3) is 0 Å². The molecule has 0 bridgehead atoms. The molecular weight excluding hydrogens is 262 g/mol. The van der Waals surface area contributed by atoms with Crippen LogP contribution in [-0.4, -0.2) is 31.2 Å². The van der Waals surface area contributed by atoms with E-state index >= 15 is 0 Å². The van der Waals surface area contributed by atoms with Crippen molar-refractivity contribution in [3.63, 3.8) is 0 Å². The summed E-state index contributed by atoms with van der Waals surface area (Å²) in [6, 6.07) is 1.86. The Hall–Kier alpha value is -1.89. The molecule has 2 aromatic heterocycles. The first-order valence-corrected chi connectivity index (χ1v) is 6.75. The first-order valence-electron chi connectivity index (χ1n) is 5.77.